The third kappa shape index (κ3) is 1.51. The Morgan fingerprint density at radius 1 is 1.50 bits per heavy atom. The molecule has 1 aromatic rings. The number of hydrogen-bond donors (Lipinski definition) is 0. The first-order chi connectivity index (χ1) is 5.90. The summed E-state index contributed by atoms with van der Waals surface area (Å²) in [6.45, 7) is 0.679. The molecule has 0 saturated heterocycles. The van der Waals surface area contributed by atoms with Gasteiger partial charge in [0, 0.05) is 0 Å². The van der Waals surface area contributed by atoms with Crippen LogP contribution in [0.3, 0.4) is 0 Å². The summed E-state index contributed by atoms with van der Waals surface area (Å²) in [6, 6.07) is 5.80. The van der Waals surface area contributed by atoms with E-state index in [9.17, 15) is 0 Å². The van der Waals surface area contributed by atoms with Crippen molar-refractivity contribution in [2.75, 3.05) is 7.11 Å². The third-order valence-corrected chi connectivity index (χ3v) is 3.32. The van der Waals surface area contributed by atoms with E-state index in [0.29, 0.717) is 6.61 Å². The standard InChI is InChI=1S/C8H9O3.Sn/c1-11-7-2-3-8(10)6(4-7)5-9;/h2-4,10H,5H2,1H3;/q-1;+2/p-1. The van der Waals surface area contributed by atoms with Gasteiger partial charge in [0.15, 0.2) is 0 Å². The molecule has 0 atom stereocenters. The Morgan fingerprint density at radius 2 is 2.42 bits per heavy atom. The van der Waals surface area contributed by atoms with E-state index in [4.69, 9.17) is 10.9 Å². The molecular weight excluding hydrogens is 263 g/mol. The normalized spacial score (nSPS) is 14.8. The summed E-state index contributed by atoms with van der Waals surface area (Å²) < 4.78 is 15.8. The molecule has 0 fully saturated rings. The zero-order chi connectivity index (χ0) is 8.39. The fraction of sp³-hybridized carbons (Fsp3) is 0.250. The number of methoxy groups -OCH3 is 1. The zero-order valence-electron chi connectivity index (χ0n) is 6.66. The first-order valence-electron chi connectivity index (χ1n) is 3.61. The average molecular weight is 271 g/mol. The van der Waals surface area contributed by atoms with Gasteiger partial charge in [-0.05, 0) is 0 Å². The Hall–Kier alpha value is -0.421. The molecule has 12 heavy (non-hydrogen) atoms. The Kier molecular flexibility index (Phi) is 2.41. The van der Waals surface area contributed by atoms with Gasteiger partial charge in [-0.25, -0.2) is 0 Å². The van der Waals surface area contributed by atoms with Crippen LogP contribution < -0.4 is 7.81 Å². The van der Waals surface area contributed by atoms with Crippen molar-refractivity contribution in [1.82, 2.24) is 0 Å². The van der Waals surface area contributed by atoms with Crippen LogP contribution in [0, 0.1) is 0 Å². The summed E-state index contributed by atoms with van der Waals surface area (Å²) in [5.41, 5.74) is 1.08. The van der Waals surface area contributed by atoms with Gasteiger partial charge in [-0.1, -0.05) is 0 Å². The molecule has 0 amide bonds. The van der Waals surface area contributed by atoms with Gasteiger partial charge in [0.2, 0.25) is 0 Å². The summed E-state index contributed by atoms with van der Waals surface area (Å²) in [5, 5.41) is 0. The van der Waals surface area contributed by atoms with Crippen LogP contribution >= 0.6 is 0 Å². The molecule has 1 heterocycles. The molecule has 0 N–H and O–H groups in total. The fourth-order valence-corrected chi connectivity index (χ4v) is 2.68. The van der Waals surface area contributed by atoms with Crippen molar-refractivity contribution in [3.63, 3.8) is 0 Å². The average Bonchev–Trinajstić information content (AvgIpc) is 2.17. The van der Waals surface area contributed by atoms with Crippen LogP contribution in [0.2, 0.25) is 0 Å². The minimum absolute atomic E-state index is 0.679. The second kappa shape index (κ2) is 3.53. The molecule has 4 heteroatoms. The topological polar surface area (TPSA) is 27.7 Å². The van der Waals surface area contributed by atoms with Gasteiger partial charge < -0.3 is 0 Å². The van der Waals surface area contributed by atoms with E-state index in [1.54, 1.807) is 7.11 Å². The number of fused-ring (bicyclic) bond motifs is 1. The summed E-state index contributed by atoms with van der Waals surface area (Å²) in [4.78, 5) is 0. The molecule has 0 aliphatic carbocycles. The van der Waals surface area contributed by atoms with E-state index < -0.39 is 22.0 Å². The van der Waals surface area contributed by atoms with E-state index >= 15 is 0 Å². The second-order valence-electron chi connectivity index (χ2n) is 2.45. The van der Waals surface area contributed by atoms with E-state index in [0.717, 1.165) is 17.1 Å². The minimum atomic E-state index is -1.01. The summed E-state index contributed by atoms with van der Waals surface area (Å²) in [6.07, 6.45) is 0. The van der Waals surface area contributed by atoms with Crippen molar-refractivity contribution < 1.29 is 10.9 Å². The van der Waals surface area contributed by atoms with Gasteiger partial charge in [-0.15, -0.1) is 0 Å². The van der Waals surface area contributed by atoms with Gasteiger partial charge in [0.25, 0.3) is 0 Å². The van der Waals surface area contributed by atoms with Crippen molar-refractivity contribution >= 4 is 22.0 Å². The second-order valence-corrected chi connectivity index (χ2v) is 4.33. The molecule has 1 aromatic carbocycles. The Bertz CT molecular complexity index is 288. The van der Waals surface area contributed by atoms with E-state index in [1.165, 1.54) is 0 Å². The maximum atomic E-state index is 5.42. The molecule has 0 aromatic heterocycles. The fourth-order valence-electron chi connectivity index (χ4n) is 1.08. The van der Waals surface area contributed by atoms with Crippen molar-refractivity contribution in [2.45, 2.75) is 6.61 Å². The molecule has 0 unspecified atom stereocenters. The van der Waals surface area contributed by atoms with E-state index in [2.05, 4.69) is 0 Å². The SMILES string of the molecule is COc1ccc2c(c1)C[O][Sn][O]2. The van der Waals surface area contributed by atoms with Crippen LogP contribution in [0.25, 0.3) is 0 Å². The van der Waals surface area contributed by atoms with Gasteiger partial charge in [-0.3, -0.25) is 0 Å². The van der Waals surface area contributed by atoms with E-state index in [-0.39, 0.29) is 0 Å². The van der Waals surface area contributed by atoms with Crippen LogP contribution in [0.15, 0.2) is 18.2 Å². The van der Waals surface area contributed by atoms with Crippen molar-refractivity contribution in [2.24, 2.45) is 0 Å². The van der Waals surface area contributed by atoms with Crippen molar-refractivity contribution in [1.29, 1.82) is 0 Å². The molecule has 1 aliphatic rings. The predicted molar refractivity (Wildman–Crippen MR) is 44.2 cm³/mol. The number of hydrogen-bond acceptors (Lipinski definition) is 3. The van der Waals surface area contributed by atoms with E-state index in [1.807, 2.05) is 18.2 Å². The number of rotatable bonds is 1. The Balaban J connectivity index is 2.36. The quantitative estimate of drug-likeness (QED) is 0.717. The van der Waals surface area contributed by atoms with Gasteiger partial charge in [0.05, 0.1) is 0 Å². The van der Waals surface area contributed by atoms with Crippen LogP contribution in [0.5, 0.6) is 11.5 Å². The monoisotopic (exact) mass is 272 g/mol. The molecule has 62 valence electrons. The summed E-state index contributed by atoms with van der Waals surface area (Å²) in [7, 11) is 1.66. The first kappa shape index (κ1) is 8.19. The van der Waals surface area contributed by atoms with Crippen LogP contribution in [0.1, 0.15) is 5.56 Å². The molecule has 0 saturated carbocycles. The molecule has 0 spiro atoms. The van der Waals surface area contributed by atoms with Gasteiger partial charge >= 0.3 is 81.8 Å². The van der Waals surface area contributed by atoms with Crippen LogP contribution in [0.4, 0.5) is 0 Å². The molecule has 0 bridgehead atoms. The molecule has 2 rings (SSSR count). The molecular formula is C8H8O3Sn. The van der Waals surface area contributed by atoms with Crippen LogP contribution in [-0.2, 0) is 9.68 Å². The number of benzene rings is 1. The molecule has 1 aliphatic heterocycles. The predicted octanol–water partition coefficient (Wildman–Crippen LogP) is 1.14. The van der Waals surface area contributed by atoms with Crippen LogP contribution in [-0.4, -0.2) is 29.1 Å². The molecule has 3 nitrogen and oxygen atoms in total. The van der Waals surface area contributed by atoms with Crippen molar-refractivity contribution in [3.8, 4) is 11.5 Å². The summed E-state index contributed by atoms with van der Waals surface area (Å²) >= 11 is -1.01. The third-order valence-electron chi connectivity index (χ3n) is 1.71. The van der Waals surface area contributed by atoms with Crippen molar-refractivity contribution in [3.05, 3.63) is 23.8 Å². The number of ether oxygens (including phenoxy) is 1. The first-order valence-corrected chi connectivity index (χ1v) is 5.94. The Labute approximate surface area is 81.9 Å². The maximum absolute atomic E-state index is 5.42. The Morgan fingerprint density at radius 3 is 3.25 bits per heavy atom. The summed E-state index contributed by atoms with van der Waals surface area (Å²) in [5.74, 6) is 1.82. The van der Waals surface area contributed by atoms with Gasteiger partial charge in [0.1, 0.15) is 0 Å². The zero-order valence-corrected chi connectivity index (χ0v) is 9.52. The molecule has 2 radical (unpaired) electrons. The van der Waals surface area contributed by atoms with Gasteiger partial charge in [-0.2, -0.15) is 0 Å².